The van der Waals surface area contributed by atoms with E-state index >= 15 is 0 Å². The summed E-state index contributed by atoms with van der Waals surface area (Å²) >= 11 is 0. The number of rotatable bonds is 5. The molecule has 1 aliphatic rings. The monoisotopic (exact) mass is 286 g/mol. The minimum atomic E-state index is -0.959. The van der Waals surface area contributed by atoms with Gasteiger partial charge in [-0.2, -0.15) is 0 Å². The first-order valence-corrected chi connectivity index (χ1v) is 7.61. The Kier molecular flexibility index (Phi) is 5.32. The fraction of sp³-hybridized carbons (Fsp3) is 0.444. The molecule has 0 radical (unpaired) electrons. The molecule has 1 atom stereocenters. The van der Waals surface area contributed by atoms with Crippen LogP contribution in [-0.4, -0.2) is 18.4 Å². The van der Waals surface area contributed by atoms with Gasteiger partial charge in [0.1, 0.15) is 11.2 Å². The summed E-state index contributed by atoms with van der Waals surface area (Å²) in [7, 11) is 0. The lowest BCUT2D eigenvalue weighted by Gasteiger charge is -2.32. The summed E-state index contributed by atoms with van der Waals surface area (Å²) < 4.78 is 5.16. The van der Waals surface area contributed by atoms with Gasteiger partial charge in [0.2, 0.25) is 0 Å². The number of carbonyl (C=O) groups excluding carboxylic acids is 2. The third-order valence-electron chi connectivity index (χ3n) is 4.03. The molecule has 3 heteroatoms. The highest BCUT2D eigenvalue weighted by Crippen LogP contribution is 2.38. The Morgan fingerprint density at radius 1 is 1.29 bits per heavy atom. The van der Waals surface area contributed by atoms with E-state index in [0.29, 0.717) is 25.9 Å². The Morgan fingerprint density at radius 2 is 2.05 bits per heavy atom. The van der Waals surface area contributed by atoms with E-state index in [0.717, 1.165) is 18.4 Å². The molecule has 1 aromatic carbocycles. The van der Waals surface area contributed by atoms with Crippen LogP contribution in [0.25, 0.3) is 6.08 Å². The van der Waals surface area contributed by atoms with Crippen molar-refractivity contribution >= 4 is 17.8 Å². The maximum absolute atomic E-state index is 12.3. The zero-order valence-corrected chi connectivity index (χ0v) is 12.5. The molecule has 0 N–H and O–H groups in total. The normalized spacial score (nSPS) is 22.4. The van der Waals surface area contributed by atoms with Crippen LogP contribution in [0.1, 0.15) is 44.6 Å². The van der Waals surface area contributed by atoms with Crippen molar-refractivity contribution in [1.82, 2.24) is 0 Å². The van der Waals surface area contributed by atoms with E-state index in [9.17, 15) is 9.59 Å². The van der Waals surface area contributed by atoms with Gasteiger partial charge in [-0.15, -0.1) is 0 Å². The molecule has 0 bridgehead atoms. The number of ether oxygens (including phenoxy) is 1. The number of hydrogen-bond donors (Lipinski definition) is 0. The molecule has 0 unspecified atom stereocenters. The molecule has 0 aliphatic heterocycles. The van der Waals surface area contributed by atoms with Crippen molar-refractivity contribution in [3.05, 3.63) is 42.0 Å². The van der Waals surface area contributed by atoms with Gasteiger partial charge in [0, 0.05) is 6.42 Å². The van der Waals surface area contributed by atoms with E-state index in [1.54, 1.807) is 6.92 Å². The van der Waals surface area contributed by atoms with Crippen molar-refractivity contribution in [2.24, 2.45) is 5.41 Å². The zero-order valence-electron chi connectivity index (χ0n) is 12.5. The Morgan fingerprint density at radius 3 is 2.71 bits per heavy atom. The van der Waals surface area contributed by atoms with Gasteiger partial charge in [-0.25, -0.2) is 0 Å². The summed E-state index contributed by atoms with van der Waals surface area (Å²) in [4.78, 5) is 24.6. The quantitative estimate of drug-likeness (QED) is 0.611. The molecule has 2 rings (SSSR count). The molecule has 1 fully saturated rings. The van der Waals surface area contributed by atoms with Crippen LogP contribution >= 0.6 is 0 Å². The second kappa shape index (κ2) is 7.21. The highest BCUT2D eigenvalue weighted by Gasteiger charge is 2.46. The van der Waals surface area contributed by atoms with Crippen molar-refractivity contribution in [3.8, 4) is 0 Å². The summed E-state index contributed by atoms with van der Waals surface area (Å²) in [6, 6.07) is 9.88. The van der Waals surface area contributed by atoms with Crippen LogP contribution in [-0.2, 0) is 14.3 Å². The smallest absolute Gasteiger partial charge is 0.319 e. The van der Waals surface area contributed by atoms with Crippen molar-refractivity contribution in [2.45, 2.75) is 39.0 Å². The second-order valence-electron chi connectivity index (χ2n) is 5.45. The lowest BCUT2D eigenvalue weighted by Crippen LogP contribution is -2.42. The molecule has 0 amide bonds. The van der Waals surface area contributed by atoms with E-state index in [2.05, 4.69) is 0 Å². The molecule has 1 saturated carbocycles. The molecular weight excluding hydrogens is 264 g/mol. The first kappa shape index (κ1) is 15.5. The van der Waals surface area contributed by atoms with E-state index < -0.39 is 5.41 Å². The number of hydrogen-bond acceptors (Lipinski definition) is 3. The minimum absolute atomic E-state index is 0.0323. The summed E-state index contributed by atoms with van der Waals surface area (Å²) in [5, 5.41) is 0. The highest BCUT2D eigenvalue weighted by molar-refractivity contribution is 6.04. The van der Waals surface area contributed by atoms with Gasteiger partial charge in [0.25, 0.3) is 0 Å². The SMILES string of the molecule is CCOC(=O)[C@]1(CC=Cc2ccccc2)CCCCC1=O. The van der Waals surface area contributed by atoms with Crippen LogP contribution in [0.4, 0.5) is 0 Å². The molecule has 0 aromatic heterocycles. The molecule has 21 heavy (non-hydrogen) atoms. The van der Waals surface area contributed by atoms with Gasteiger partial charge in [-0.05, 0) is 31.7 Å². The van der Waals surface area contributed by atoms with Gasteiger partial charge >= 0.3 is 5.97 Å². The van der Waals surface area contributed by atoms with Crippen LogP contribution in [0.3, 0.4) is 0 Å². The predicted molar refractivity (Wildman–Crippen MR) is 82.6 cm³/mol. The van der Waals surface area contributed by atoms with Crippen molar-refractivity contribution in [1.29, 1.82) is 0 Å². The minimum Gasteiger partial charge on any atom is -0.465 e. The lowest BCUT2D eigenvalue weighted by atomic mass is 9.70. The zero-order chi connectivity index (χ0) is 15.1. The van der Waals surface area contributed by atoms with E-state index in [4.69, 9.17) is 4.74 Å². The maximum Gasteiger partial charge on any atom is 0.319 e. The summed E-state index contributed by atoms with van der Waals surface area (Å²) in [6.07, 6.45) is 7.19. The summed E-state index contributed by atoms with van der Waals surface area (Å²) in [6.45, 7) is 2.09. The Bertz CT molecular complexity index is 519. The largest absolute Gasteiger partial charge is 0.465 e. The number of benzene rings is 1. The van der Waals surface area contributed by atoms with Gasteiger partial charge in [-0.1, -0.05) is 48.9 Å². The number of esters is 1. The van der Waals surface area contributed by atoms with Crippen LogP contribution in [0.2, 0.25) is 0 Å². The van der Waals surface area contributed by atoms with Crippen LogP contribution in [0.15, 0.2) is 36.4 Å². The van der Waals surface area contributed by atoms with E-state index in [1.807, 2.05) is 42.5 Å². The van der Waals surface area contributed by atoms with E-state index in [1.165, 1.54) is 0 Å². The predicted octanol–water partition coefficient (Wildman–Crippen LogP) is 3.78. The average Bonchev–Trinajstić information content (AvgIpc) is 2.50. The van der Waals surface area contributed by atoms with Crippen LogP contribution in [0.5, 0.6) is 0 Å². The van der Waals surface area contributed by atoms with Gasteiger partial charge in [0.15, 0.2) is 0 Å². The topological polar surface area (TPSA) is 43.4 Å². The Labute approximate surface area is 126 Å². The third kappa shape index (κ3) is 3.60. The molecule has 3 nitrogen and oxygen atoms in total. The number of carbonyl (C=O) groups is 2. The average molecular weight is 286 g/mol. The van der Waals surface area contributed by atoms with Gasteiger partial charge in [0.05, 0.1) is 6.61 Å². The molecule has 1 aliphatic carbocycles. The first-order valence-electron chi connectivity index (χ1n) is 7.61. The fourth-order valence-electron chi connectivity index (χ4n) is 2.84. The molecule has 112 valence electrons. The standard InChI is InChI=1S/C18H22O3/c1-2-21-17(20)18(13-7-6-12-16(18)19)14-8-11-15-9-4-3-5-10-15/h3-5,8-11H,2,6-7,12-14H2,1H3/t18-/m0/s1. The molecule has 1 aromatic rings. The molecule has 0 spiro atoms. The lowest BCUT2D eigenvalue weighted by molar-refractivity contribution is -0.162. The fourth-order valence-corrected chi connectivity index (χ4v) is 2.84. The number of Topliss-reactive ketones (excluding diaryl/α,β-unsaturated/α-hetero) is 1. The molecule has 0 saturated heterocycles. The van der Waals surface area contributed by atoms with Gasteiger partial charge in [-0.3, -0.25) is 9.59 Å². The van der Waals surface area contributed by atoms with Crippen molar-refractivity contribution in [2.75, 3.05) is 6.61 Å². The van der Waals surface area contributed by atoms with Gasteiger partial charge < -0.3 is 4.74 Å². The Hall–Kier alpha value is -1.90. The number of allylic oxidation sites excluding steroid dienone is 1. The molecular formula is C18H22O3. The molecule has 0 heterocycles. The van der Waals surface area contributed by atoms with Crippen molar-refractivity contribution < 1.29 is 14.3 Å². The van der Waals surface area contributed by atoms with Crippen LogP contribution in [0, 0.1) is 5.41 Å². The maximum atomic E-state index is 12.3. The summed E-state index contributed by atoms with van der Waals surface area (Å²) in [5.41, 5.74) is 0.110. The van der Waals surface area contributed by atoms with E-state index in [-0.39, 0.29) is 11.8 Å². The highest BCUT2D eigenvalue weighted by atomic mass is 16.5. The first-order chi connectivity index (χ1) is 10.2. The second-order valence-corrected chi connectivity index (χ2v) is 5.45. The third-order valence-corrected chi connectivity index (χ3v) is 4.03. The Balaban J connectivity index is 2.14. The summed E-state index contributed by atoms with van der Waals surface area (Å²) in [5.74, 6) is -0.322. The van der Waals surface area contributed by atoms with Crippen molar-refractivity contribution in [3.63, 3.8) is 0 Å². The number of ketones is 1. The van der Waals surface area contributed by atoms with Crippen LogP contribution < -0.4 is 0 Å².